The van der Waals surface area contributed by atoms with Crippen molar-refractivity contribution in [2.75, 3.05) is 18.1 Å². The van der Waals surface area contributed by atoms with Gasteiger partial charge in [0.1, 0.15) is 0 Å². The van der Waals surface area contributed by atoms with Crippen molar-refractivity contribution in [1.82, 2.24) is 5.32 Å². The van der Waals surface area contributed by atoms with E-state index >= 15 is 0 Å². The minimum Gasteiger partial charge on any atom is -0.374 e. The third-order valence-electron chi connectivity index (χ3n) is 3.26. The van der Waals surface area contributed by atoms with Crippen LogP contribution in [0.3, 0.4) is 0 Å². The molecule has 1 fully saturated rings. The van der Waals surface area contributed by atoms with Crippen molar-refractivity contribution >= 4 is 27.7 Å². The summed E-state index contributed by atoms with van der Waals surface area (Å²) in [5.74, 6) is 2.30. The Morgan fingerprint density at radius 3 is 3.05 bits per heavy atom. The molecule has 0 aromatic heterocycles. The molecule has 1 aromatic rings. The highest BCUT2D eigenvalue weighted by atomic mass is 79.9. The first-order chi connectivity index (χ1) is 9.24. The van der Waals surface area contributed by atoms with Crippen molar-refractivity contribution in [3.8, 4) is 0 Å². The van der Waals surface area contributed by atoms with Gasteiger partial charge < -0.3 is 10.1 Å². The lowest BCUT2D eigenvalue weighted by molar-refractivity contribution is 0.0700. The first-order valence-corrected chi connectivity index (χ1v) is 8.87. The fourth-order valence-corrected chi connectivity index (χ4v) is 3.66. The normalized spacial score (nSPS) is 22.8. The van der Waals surface area contributed by atoms with Crippen LogP contribution in [-0.2, 0) is 11.3 Å². The summed E-state index contributed by atoms with van der Waals surface area (Å²) in [6.45, 7) is 4.17. The first-order valence-electron chi connectivity index (χ1n) is 6.92. The van der Waals surface area contributed by atoms with E-state index in [0.717, 1.165) is 29.1 Å². The van der Waals surface area contributed by atoms with Crippen LogP contribution >= 0.6 is 27.7 Å². The van der Waals surface area contributed by atoms with Gasteiger partial charge in [0.25, 0.3) is 0 Å². The molecule has 4 heteroatoms. The Morgan fingerprint density at radius 1 is 1.42 bits per heavy atom. The molecule has 19 heavy (non-hydrogen) atoms. The molecule has 1 heterocycles. The number of ether oxygens (including phenoxy) is 1. The lowest BCUT2D eigenvalue weighted by Crippen LogP contribution is -2.18. The number of halogens is 1. The molecule has 0 amide bonds. The van der Waals surface area contributed by atoms with Gasteiger partial charge in [0.05, 0.1) is 12.2 Å². The van der Waals surface area contributed by atoms with Gasteiger partial charge in [-0.3, -0.25) is 0 Å². The highest BCUT2D eigenvalue weighted by Crippen LogP contribution is 2.22. The van der Waals surface area contributed by atoms with Crippen molar-refractivity contribution in [2.24, 2.45) is 0 Å². The molecular formula is C15H22BrNOS. The second-order valence-corrected chi connectivity index (χ2v) is 7.09. The summed E-state index contributed by atoms with van der Waals surface area (Å²) in [6, 6.07) is 8.45. The summed E-state index contributed by atoms with van der Waals surface area (Å²) >= 11 is 5.49. The van der Waals surface area contributed by atoms with E-state index in [2.05, 4.69) is 52.4 Å². The van der Waals surface area contributed by atoms with E-state index in [4.69, 9.17) is 4.74 Å². The molecule has 0 radical (unpaired) electrons. The molecule has 1 N–H and O–H groups in total. The highest BCUT2D eigenvalue weighted by molar-refractivity contribution is 9.10. The maximum Gasteiger partial charge on any atom is 0.0670 e. The zero-order valence-corrected chi connectivity index (χ0v) is 13.8. The molecule has 1 aliphatic heterocycles. The maximum absolute atomic E-state index is 5.80. The molecule has 2 rings (SSSR count). The fourth-order valence-electron chi connectivity index (χ4n) is 2.25. The summed E-state index contributed by atoms with van der Waals surface area (Å²) in [7, 11) is 0. The number of thioether (sulfide) groups is 1. The molecule has 106 valence electrons. The van der Waals surface area contributed by atoms with Crippen LogP contribution in [0.15, 0.2) is 28.7 Å². The van der Waals surface area contributed by atoms with E-state index in [1.807, 2.05) is 11.8 Å². The van der Waals surface area contributed by atoms with Crippen LogP contribution in [0.2, 0.25) is 0 Å². The van der Waals surface area contributed by atoms with Gasteiger partial charge in [-0.25, -0.2) is 0 Å². The van der Waals surface area contributed by atoms with Crippen molar-refractivity contribution in [3.63, 3.8) is 0 Å². The Hall–Kier alpha value is -0.0300. The van der Waals surface area contributed by atoms with Crippen molar-refractivity contribution in [3.05, 3.63) is 34.3 Å². The van der Waals surface area contributed by atoms with E-state index in [1.54, 1.807) is 0 Å². The summed E-state index contributed by atoms with van der Waals surface area (Å²) in [5.41, 5.74) is 1.33. The molecule has 1 aromatic carbocycles. The molecule has 0 spiro atoms. The summed E-state index contributed by atoms with van der Waals surface area (Å²) in [6.07, 6.45) is 3.43. The topological polar surface area (TPSA) is 21.3 Å². The first kappa shape index (κ1) is 15.4. The number of hydrogen-bond acceptors (Lipinski definition) is 3. The van der Waals surface area contributed by atoms with Gasteiger partial charge in [0.15, 0.2) is 0 Å². The third kappa shape index (κ3) is 5.86. The minimum absolute atomic E-state index is 0.472. The van der Waals surface area contributed by atoms with Crippen LogP contribution in [0.1, 0.15) is 25.3 Å². The van der Waals surface area contributed by atoms with Gasteiger partial charge in [-0.15, -0.1) is 0 Å². The zero-order chi connectivity index (χ0) is 13.5. The van der Waals surface area contributed by atoms with Crippen molar-refractivity contribution in [1.29, 1.82) is 0 Å². The van der Waals surface area contributed by atoms with E-state index in [1.165, 1.54) is 18.4 Å². The van der Waals surface area contributed by atoms with Gasteiger partial charge in [0, 0.05) is 29.1 Å². The lowest BCUT2D eigenvalue weighted by Gasteiger charge is -2.10. The molecule has 0 saturated carbocycles. The summed E-state index contributed by atoms with van der Waals surface area (Å²) in [4.78, 5) is 0. The molecule has 2 nitrogen and oxygen atoms in total. The Balaban J connectivity index is 1.50. The van der Waals surface area contributed by atoms with Crippen LogP contribution < -0.4 is 5.32 Å². The number of hydrogen-bond donors (Lipinski definition) is 1. The van der Waals surface area contributed by atoms with E-state index in [-0.39, 0.29) is 0 Å². The maximum atomic E-state index is 5.80. The van der Waals surface area contributed by atoms with E-state index < -0.39 is 0 Å². The molecule has 1 aliphatic rings. The SMILES string of the molecule is CC1CCC(CSCCNCc2cccc(Br)c2)O1. The quantitative estimate of drug-likeness (QED) is 0.760. The van der Waals surface area contributed by atoms with Crippen LogP contribution in [0.25, 0.3) is 0 Å². The average molecular weight is 344 g/mol. The number of benzene rings is 1. The van der Waals surface area contributed by atoms with Gasteiger partial charge >= 0.3 is 0 Å². The number of nitrogens with one attached hydrogen (secondary N) is 1. The standard InChI is InChI=1S/C15H22BrNOS/c1-12-5-6-15(18-12)11-19-8-7-17-10-13-3-2-4-14(16)9-13/h2-4,9,12,15,17H,5-8,10-11H2,1H3. The smallest absolute Gasteiger partial charge is 0.0670 e. The Morgan fingerprint density at radius 2 is 2.32 bits per heavy atom. The summed E-state index contributed by atoms with van der Waals surface area (Å²) in [5, 5.41) is 3.48. The zero-order valence-electron chi connectivity index (χ0n) is 11.4. The minimum atomic E-state index is 0.472. The molecule has 0 bridgehead atoms. The second-order valence-electron chi connectivity index (χ2n) is 5.03. The van der Waals surface area contributed by atoms with Gasteiger partial charge in [-0.1, -0.05) is 28.1 Å². The fraction of sp³-hybridized carbons (Fsp3) is 0.600. The average Bonchev–Trinajstić information content (AvgIpc) is 2.79. The predicted octanol–water partition coefficient (Wildman–Crippen LogP) is 3.84. The Kier molecular flexibility index (Phi) is 6.71. The molecular weight excluding hydrogens is 322 g/mol. The highest BCUT2D eigenvalue weighted by Gasteiger charge is 2.20. The van der Waals surface area contributed by atoms with Gasteiger partial charge in [-0.2, -0.15) is 11.8 Å². The molecule has 2 atom stereocenters. The van der Waals surface area contributed by atoms with Crippen LogP contribution in [0.4, 0.5) is 0 Å². The summed E-state index contributed by atoms with van der Waals surface area (Å²) < 4.78 is 6.95. The van der Waals surface area contributed by atoms with Gasteiger partial charge in [-0.05, 0) is 37.5 Å². The lowest BCUT2D eigenvalue weighted by atomic mass is 10.2. The van der Waals surface area contributed by atoms with Gasteiger partial charge in [0.2, 0.25) is 0 Å². The monoisotopic (exact) mass is 343 g/mol. The Bertz CT molecular complexity index is 388. The molecule has 2 unspecified atom stereocenters. The second kappa shape index (κ2) is 8.30. The third-order valence-corrected chi connectivity index (χ3v) is 4.86. The Labute approximate surface area is 128 Å². The predicted molar refractivity (Wildman–Crippen MR) is 86.7 cm³/mol. The van der Waals surface area contributed by atoms with E-state index in [0.29, 0.717) is 12.2 Å². The largest absolute Gasteiger partial charge is 0.374 e. The van der Waals surface area contributed by atoms with Crippen LogP contribution in [0, 0.1) is 0 Å². The number of rotatable bonds is 7. The molecule has 1 saturated heterocycles. The molecule has 0 aliphatic carbocycles. The van der Waals surface area contributed by atoms with Crippen molar-refractivity contribution < 1.29 is 4.74 Å². The van der Waals surface area contributed by atoms with Crippen LogP contribution in [0.5, 0.6) is 0 Å². The van der Waals surface area contributed by atoms with Crippen LogP contribution in [-0.4, -0.2) is 30.3 Å². The van der Waals surface area contributed by atoms with E-state index in [9.17, 15) is 0 Å². The van der Waals surface area contributed by atoms with Crippen molar-refractivity contribution in [2.45, 2.75) is 38.5 Å².